The Balaban J connectivity index is 1.96. The lowest BCUT2D eigenvalue weighted by atomic mass is 10.0. The smallest absolute Gasteiger partial charge is 0.167 e. The quantitative estimate of drug-likeness (QED) is 0.556. The van der Waals surface area contributed by atoms with E-state index in [1.54, 1.807) is 36.4 Å². The van der Waals surface area contributed by atoms with Crippen molar-refractivity contribution in [3.05, 3.63) is 65.5 Å². The van der Waals surface area contributed by atoms with Crippen molar-refractivity contribution in [2.45, 2.75) is 26.2 Å². The predicted molar refractivity (Wildman–Crippen MR) is 81.3 cm³/mol. The van der Waals surface area contributed by atoms with Crippen molar-refractivity contribution in [1.82, 2.24) is 0 Å². The molecule has 0 aliphatic rings. The summed E-state index contributed by atoms with van der Waals surface area (Å²) >= 11 is 0. The molecule has 0 fully saturated rings. The number of benzene rings is 2. The Morgan fingerprint density at radius 3 is 2.57 bits per heavy atom. The molecule has 2 nitrogen and oxygen atoms in total. The maximum absolute atomic E-state index is 13.1. The number of carbonyl (C=O) groups is 1. The fourth-order valence-corrected chi connectivity index (χ4v) is 2.01. The van der Waals surface area contributed by atoms with Crippen LogP contribution < -0.4 is 4.74 Å². The molecule has 0 radical (unpaired) electrons. The zero-order valence-electron chi connectivity index (χ0n) is 12.1. The maximum atomic E-state index is 13.1. The highest BCUT2D eigenvalue weighted by Gasteiger charge is 2.08. The average Bonchev–Trinajstić information content (AvgIpc) is 2.48. The molecule has 110 valence electrons. The molecule has 0 saturated carbocycles. The van der Waals surface area contributed by atoms with Gasteiger partial charge in [0.15, 0.2) is 5.78 Å². The molecule has 2 rings (SSSR count). The summed E-state index contributed by atoms with van der Waals surface area (Å²) in [5, 5.41) is 0. The van der Waals surface area contributed by atoms with Gasteiger partial charge in [0.05, 0.1) is 6.61 Å². The molecule has 0 aromatic heterocycles. The van der Waals surface area contributed by atoms with Crippen molar-refractivity contribution in [3.8, 4) is 5.75 Å². The van der Waals surface area contributed by atoms with E-state index in [1.807, 2.05) is 0 Å². The Labute approximate surface area is 124 Å². The zero-order valence-corrected chi connectivity index (χ0v) is 12.1. The minimum Gasteiger partial charge on any atom is -0.494 e. The maximum Gasteiger partial charge on any atom is 0.167 e. The van der Waals surface area contributed by atoms with Crippen LogP contribution in [0.5, 0.6) is 5.75 Å². The number of rotatable bonds is 7. The predicted octanol–water partition coefficient (Wildman–Crippen LogP) is 4.43. The monoisotopic (exact) mass is 286 g/mol. The summed E-state index contributed by atoms with van der Waals surface area (Å²) in [5.41, 5.74) is 1.30. The van der Waals surface area contributed by atoms with E-state index in [9.17, 15) is 9.18 Å². The van der Waals surface area contributed by atoms with E-state index in [4.69, 9.17) is 4.74 Å². The number of carbonyl (C=O) groups excluding carboxylic acids is 1. The van der Waals surface area contributed by atoms with Gasteiger partial charge < -0.3 is 4.74 Å². The minimum absolute atomic E-state index is 0.0271. The molecule has 0 saturated heterocycles. The Bertz CT molecular complexity index is 590. The number of hydrogen-bond donors (Lipinski definition) is 0. The molecule has 0 unspecified atom stereocenters. The van der Waals surface area contributed by atoms with Crippen LogP contribution in [0.2, 0.25) is 0 Å². The van der Waals surface area contributed by atoms with Gasteiger partial charge in [-0.1, -0.05) is 25.5 Å². The van der Waals surface area contributed by atoms with Gasteiger partial charge in [-0.15, -0.1) is 0 Å². The summed E-state index contributed by atoms with van der Waals surface area (Å²) < 4.78 is 18.6. The second kappa shape index (κ2) is 7.58. The van der Waals surface area contributed by atoms with Gasteiger partial charge in [0.25, 0.3) is 0 Å². The van der Waals surface area contributed by atoms with Gasteiger partial charge in [-0.2, -0.15) is 0 Å². The summed E-state index contributed by atoms with van der Waals surface area (Å²) in [6.45, 7) is 2.80. The first kappa shape index (κ1) is 15.2. The number of ether oxygens (including phenoxy) is 1. The van der Waals surface area contributed by atoms with Crippen LogP contribution in [-0.2, 0) is 6.42 Å². The Kier molecular flexibility index (Phi) is 5.50. The molecular formula is C18H19FO2. The molecule has 2 aromatic rings. The molecule has 0 spiro atoms. The summed E-state index contributed by atoms with van der Waals surface area (Å²) in [4.78, 5) is 12.1. The molecule has 0 aliphatic carbocycles. The van der Waals surface area contributed by atoms with Crippen molar-refractivity contribution in [1.29, 1.82) is 0 Å². The van der Waals surface area contributed by atoms with Crippen LogP contribution >= 0.6 is 0 Å². The summed E-state index contributed by atoms with van der Waals surface area (Å²) in [7, 11) is 0. The molecule has 0 aliphatic heterocycles. The molecule has 0 amide bonds. The van der Waals surface area contributed by atoms with E-state index in [2.05, 4.69) is 6.92 Å². The molecule has 0 N–H and O–H groups in total. The van der Waals surface area contributed by atoms with Gasteiger partial charge >= 0.3 is 0 Å². The van der Waals surface area contributed by atoms with Gasteiger partial charge in [-0.3, -0.25) is 4.79 Å². The van der Waals surface area contributed by atoms with E-state index < -0.39 is 0 Å². The number of hydrogen-bond acceptors (Lipinski definition) is 2. The van der Waals surface area contributed by atoms with Crippen molar-refractivity contribution in [2.75, 3.05) is 6.61 Å². The molecule has 0 heterocycles. The van der Waals surface area contributed by atoms with Crippen LogP contribution in [0.25, 0.3) is 0 Å². The standard InChI is InChI=1S/C18H19FO2/c1-2-3-11-21-17-9-7-15(8-10-17)18(20)13-14-5-4-6-16(19)12-14/h4-10,12H,2-3,11,13H2,1H3. The average molecular weight is 286 g/mol. The minimum atomic E-state index is -0.319. The lowest BCUT2D eigenvalue weighted by Gasteiger charge is -2.06. The lowest BCUT2D eigenvalue weighted by Crippen LogP contribution is -2.04. The number of ketones is 1. The Morgan fingerprint density at radius 1 is 1.14 bits per heavy atom. The normalized spacial score (nSPS) is 10.4. The summed E-state index contributed by atoms with van der Waals surface area (Å²) in [6.07, 6.45) is 2.30. The number of Topliss-reactive ketones (excluding diaryl/α,β-unsaturated/α-hetero) is 1. The SMILES string of the molecule is CCCCOc1ccc(C(=O)Cc2cccc(F)c2)cc1. The highest BCUT2D eigenvalue weighted by molar-refractivity contribution is 5.97. The first-order chi connectivity index (χ1) is 10.2. The molecule has 0 bridgehead atoms. The van der Waals surface area contributed by atoms with Gasteiger partial charge in [0.2, 0.25) is 0 Å². The molecular weight excluding hydrogens is 267 g/mol. The third kappa shape index (κ3) is 4.71. The van der Waals surface area contributed by atoms with E-state index >= 15 is 0 Å². The van der Waals surface area contributed by atoms with E-state index in [0.29, 0.717) is 17.7 Å². The van der Waals surface area contributed by atoms with E-state index in [1.165, 1.54) is 12.1 Å². The topological polar surface area (TPSA) is 26.3 Å². The largest absolute Gasteiger partial charge is 0.494 e. The van der Waals surface area contributed by atoms with Crippen LogP contribution in [0.3, 0.4) is 0 Å². The highest BCUT2D eigenvalue weighted by atomic mass is 19.1. The van der Waals surface area contributed by atoms with Crippen LogP contribution in [0, 0.1) is 5.82 Å². The molecule has 2 aromatic carbocycles. The van der Waals surface area contributed by atoms with Crippen LogP contribution in [0.4, 0.5) is 4.39 Å². The fraction of sp³-hybridized carbons (Fsp3) is 0.278. The van der Waals surface area contributed by atoms with E-state index in [0.717, 1.165) is 18.6 Å². The molecule has 0 atom stereocenters. The van der Waals surface area contributed by atoms with Crippen LogP contribution in [-0.4, -0.2) is 12.4 Å². The molecule has 21 heavy (non-hydrogen) atoms. The third-order valence-corrected chi connectivity index (χ3v) is 3.20. The van der Waals surface area contributed by atoms with E-state index in [-0.39, 0.29) is 18.0 Å². The summed E-state index contributed by atoms with van der Waals surface area (Å²) in [5.74, 6) is 0.423. The van der Waals surface area contributed by atoms with Gasteiger partial charge in [0, 0.05) is 12.0 Å². The second-order valence-corrected chi connectivity index (χ2v) is 4.96. The van der Waals surface area contributed by atoms with Gasteiger partial charge in [-0.05, 0) is 48.4 Å². The summed E-state index contributed by atoms with van der Waals surface area (Å²) in [6, 6.07) is 13.2. The zero-order chi connectivity index (χ0) is 15.1. The van der Waals surface area contributed by atoms with Gasteiger partial charge in [-0.25, -0.2) is 4.39 Å². The fourth-order valence-electron chi connectivity index (χ4n) is 2.01. The van der Waals surface area contributed by atoms with Crippen LogP contribution in [0.1, 0.15) is 35.7 Å². The van der Waals surface area contributed by atoms with Crippen molar-refractivity contribution < 1.29 is 13.9 Å². The number of halogens is 1. The van der Waals surface area contributed by atoms with Crippen molar-refractivity contribution >= 4 is 5.78 Å². The third-order valence-electron chi connectivity index (χ3n) is 3.20. The van der Waals surface area contributed by atoms with Crippen LogP contribution in [0.15, 0.2) is 48.5 Å². The Morgan fingerprint density at radius 2 is 1.90 bits per heavy atom. The lowest BCUT2D eigenvalue weighted by molar-refractivity contribution is 0.0993. The van der Waals surface area contributed by atoms with Crippen molar-refractivity contribution in [2.24, 2.45) is 0 Å². The first-order valence-corrected chi connectivity index (χ1v) is 7.19. The second-order valence-electron chi connectivity index (χ2n) is 4.96. The highest BCUT2D eigenvalue weighted by Crippen LogP contribution is 2.15. The molecule has 3 heteroatoms. The van der Waals surface area contributed by atoms with Crippen molar-refractivity contribution in [3.63, 3.8) is 0 Å². The number of unbranched alkanes of at least 4 members (excludes halogenated alkanes) is 1. The Hall–Kier alpha value is -2.16. The van der Waals surface area contributed by atoms with Gasteiger partial charge in [0.1, 0.15) is 11.6 Å². The first-order valence-electron chi connectivity index (χ1n) is 7.19.